The fourth-order valence-electron chi connectivity index (χ4n) is 2.67. The van der Waals surface area contributed by atoms with Gasteiger partial charge in [-0.1, -0.05) is 20.8 Å². The first-order chi connectivity index (χ1) is 6.06. The number of likely N-dealkylation sites (tertiary alicyclic amines) is 1. The van der Waals surface area contributed by atoms with Gasteiger partial charge in [0, 0.05) is 12.1 Å². The Balaban J connectivity index is 1.89. The molecule has 1 saturated carbocycles. The van der Waals surface area contributed by atoms with Crippen molar-refractivity contribution in [2.45, 2.75) is 65.0 Å². The topological polar surface area (TPSA) is 3.24 Å². The first-order valence-electron chi connectivity index (χ1n) is 5.82. The van der Waals surface area contributed by atoms with Crippen LogP contribution in [0.1, 0.15) is 52.9 Å². The van der Waals surface area contributed by atoms with Crippen LogP contribution in [0.4, 0.5) is 0 Å². The van der Waals surface area contributed by atoms with Crippen LogP contribution < -0.4 is 0 Å². The quantitative estimate of drug-likeness (QED) is 0.633. The van der Waals surface area contributed by atoms with Gasteiger partial charge in [-0.05, 0) is 44.1 Å². The molecule has 2 aliphatic rings. The SMILES string of the molecule is CC(C)(C)C[C@@H]1CCCN1C1CC1. The Hall–Kier alpha value is -0.0400. The van der Waals surface area contributed by atoms with Gasteiger partial charge in [0.25, 0.3) is 0 Å². The van der Waals surface area contributed by atoms with E-state index in [0.29, 0.717) is 5.41 Å². The molecule has 0 unspecified atom stereocenters. The summed E-state index contributed by atoms with van der Waals surface area (Å²) in [7, 11) is 0. The van der Waals surface area contributed by atoms with Crippen molar-refractivity contribution in [1.29, 1.82) is 0 Å². The van der Waals surface area contributed by atoms with Crippen molar-refractivity contribution in [2.24, 2.45) is 5.41 Å². The zero-order chi connectivity index (χ0) is 9.47. The maximum atomic E-state index is 2.78. The molecule has 0 spiro atoms. The molecule has 0 aromatic rings. The Morgan fingerprint density at radius 2 is 1.85 bits per heavy atom. The third-order valence-corrected chi connectivity index (χ3v) is 3.29. The standard InChI is InChI=1S/C12H23N/c1-12(2,3)9-11-5-4-8-13(11)10-6-7-10/h10-11H,4-9H2,1-3H3/t11-/m0/s1. The molecule has 13 heavy (non-hydrogen) atoms. The predicted octanol–water partition coefficient (Wildman–Crippen LogP) is 3.05. The lowest BCUT2D eigenvalue weighted by molar-refractivity contribution is 0.184. The summed E-state index contributed by atoms with van der Waals surface area (Å²) in [5.41, 5.74) is 0.516. The van der Waals surface area contributed by atoms with E-state index in [1.165, 1.54) is 38.6 Å². The van der Waals surface area contributed by atoms with Crippen LogP contribution >= 0.6 is 0 Å². The van der Waals surface area contributed by atoms with Crippen LogP contribution in [0.5, 0.6) is 0 Å². The maximum absolute atomic E-state index is 2.78. The van der Waals surface area contributed by atoms with Gasteiger partial charge in [0.05, 0.1) is 0 Å². The average Bonchev–Trinajstić information content (AvgIpc) is 2.72. The van der Waals surface area contributed by atoms with Gasteiger partial charge in [-0.3, -0.25) is 4.90 Å². The molecular weight excluding hydrogens is 158 g/mol. The summed E-state index contributed by atoms with van der Waals surface area (Å²) < 4.78 is 0. The molecule has 2 fully saturated rings. The molecule has 0 amide bonds. The summed E-state index contributed by atoms with van der Waals surface area (Å²) >= 11 is 0. The van der Waals surface area contributed by atoms with E-state index in [4.69, 9.17) is 0 Å². The van der Waals surface area contributed by atoms with Gasteiger partial charge in [-0.15, -0.1) is 0 Å². The van der Waals surface area contributed by atoms with E-state index in [2.05, 4.69) is 25.7 Å². The molecule has 2 rings (SSSR count). The van der Waals surface area contributed by atoms with E-state index in [1.54, 1.807) is 0 Å². The normalized spacial score (nSPS) is 31.2. The Morgan fingerprint density at radius 3 is 2.38 bits per heavy atom. The highest BCUT2D eigenvalue weighted by Crippen LogP contribution is 2.37. The van der Waals surface area contributed by atoms with Crippen molar-refractivity contribution >= 4 is 0 Å². The monoisotopic (exact) mass is 181 g/mol. The zero-order valence-corrected chi connectivity index (χ0v) is 9.34. The number of hydrogen-bond donors (Lipinski definition) is 0. The minimum absolute atomic E-state index is 0.516. The Bertz CT molecular complexity index is 176. The van der Waals surface area contributed by atoms with E-state index < -0.39 is 0 Å². The molecule has 1 aliphatic carbocycles. The van der Waals surface area contributed by atoms with Crippen LogP contribution in [0.3, 0.4) is 0 Å². The van der Waals surface area contributed by atoms with E-state index >= 15 is 0 Å². The third-order valence-electron chi connectivity index (χ3n) is 3.29. The van der Waals surface area contributed by atoms with Crippen LogP contribution in [-0.4, -0.2) is 23.5 Å². The fourth-order valence-corrected chi connectivity index (χ4v) is 2.67. The number of nitrogens with zero attached hydrogens (tertiary/aromatic N) is 1. The smallest absolute Gasteiger partial charge is 0.0104 e. The molecule has 0 aromatic heterocycles. The zero-order valence-electron chi connectivity index (χ0n) is 9.34. The highest BCUT2D eigenvalue weighted by molar-refractivity contribution is 4.93. The fraction of sp³-hybridized carbons (Fsp3) is 1.00. The van der Waals surface area contributed by atoms with Crippen molar-refractivity contribution in [1.82, 2.24) is 4.90 Å². The van der Waals surface area contributed by atoms with Gasteiger partial charge in [0.1, 0.15) is 0 Å². The first kappa shape index (κ1) is 9.51. The minimum Gasteiger partial charge on any atom is -0.297 e. The molecule has 1 nitrogen and oxygen atoms in total. The van der Waals surface area contributed by atoms with Crippen molar-refractivity contribution in [2.75, 3.05) is 6.54 Å². The van der Waals surface area contributed by atoms with E-state index in [-0.39, 0.29) is 0 Å². The number of rotatable bonds is 2. The second-order valence-corrected chi connectivity index (χ2v) is 6.03. The lowest BCUT2D eigenvalue weighted by Gasteiger charge is -2.30. The molecule has 0 N–H and O–H groups in total. The molecule has 1 aliphatic heterocycles. The molecular formula is C12H23N. The minimum atomic E-state index is 0.516. The first-order valence-corrected chi connectivity index (χ1v) is 5.82. The van der Waals surface area contributed by atoms with Gasteiger partial charge in [0.15, 0.2) is 0 Å². The molecule has 0 aromatic carbocycles. The molecule has 1 saturated heterocycles. The lowest BCUT2D eigenvalue weighted by Crippen LogP contribution is -2.34. The second-order valence-electron chi connectivity index (χ2n) is 6.03. The predicted molar refractivity (Wildman–Crippen MR) is 56.8 cm³/mol. The summed E-state index contributed by atoms with van der Waals surface area (Å²) in [5, 5.41) is 0. The maximum Gasteiger partial charge on any atom is 0.0104 e. The van der Waals surface area contributed by atoms with Crippen LogP contribution in [0.15, 0.2) is 0 Å². The average molecular weight is 181 g/mol. The summed E-state index contributed by atoms with van der Waals surface area (Å²) in [5.74, 6) is 0. The summed E-state index contributed by atoms with van der Waals surface area (Å²) in [6, 6.07) is 1.89. The Morgan fingerprint density at radius 1 is 1.15 bits per heavy atom. The van der Waals surface area contributed by atoms with Gasteiger partial charge in [0.2, 0.25) is 0 Å². The summed E-state index contributed by atoms with van der Waals surface area (Å²) in [6.45, 7) is 8.49. The summed E-state index contributed by atoms with van der Waals surface area (Å²) in [4.78, 5) is 2.78. The molecule has 1 heterocycles. The largest absolute Gasteiger partial charge is 0.297 e. The molecule has 0 radical (unpaired) electrons. The Kier molecular flexibility index (Phi) is 2.39. The van der Waals surface area contributed by atoms with Crippen molar-refractivity contribution < 1.29 is 0 Å². The van der Waals surface area contributed by atoms with Crippen LogP contribution in [0.25, 0.3) is 0 Å². The molecule has 76 valence electrons. The van der Waals surface area contributed by atoms with Gasteiger partial charge >= 0.3 is 0 Å². The third kappa shape index (κ3) is 2.46. The number of hydrogen-bond acceptors (Lipinski definition) is 1. The molecule has 1 heteroatoms. The van der Waals surface area contributed by atoms with E-state index in [1.807, 2.05) is 0 Å². The highest BCUT2D eigenvalue weighted by Gasteiger charge is 2.37. The highest BCUT2D eigenvalue weighted by atomic mass is 15.2. The van der Waals surface area contributed by atoms with E-state index in [0.717, 1.165) is 12.1 Å². The van der Waals surface area contributed by atoms with Crippen molar-refractivity contribution in [3.63, 3.8) is 0 Å². The van der Waals surface area contributed by atoms with Gasteiger partial charge in [-0.2, -0.15) is 0 Å². The van der Waals surface area contributed by atoms with Gasteiger partial charge in [-0.25, -0.2) is 0 Å². The lowest BCUT2D eigenvalue weighted by atomic mass is 9.87. The molecule has 1 atom stereocenters. The van der Waals surface area contributed by atoms with Crippen molar-refractivity contribution in [3.8, 4) is 0 Å². The van der Waals surface area contributed by atoms with Crippen molar-refractivity contribution in [3.05, 3.63) is 0 Å². The van der Waals surface area contributed by atoms with E-state index in [9.17, 15) is 0 Å². The Labute approximate surface area is 82.5 Å². The van der Waals surface area contributed by atoms with Crippen LogP contribution in [-0.2, 0) is 0 Å². The second kappa shape index (κ2) is 3.27. The van der Waals surface area contributed by atoms with Crippen LogP contribution in [0.2, 0.25) is 0 Å². The van der Waals surface area contributed by atoms with Crippen LogP contribution in [0, 0.1) is 5.41 Å². The van der Waals surface area contributed by atoms with Gasteiger partial charge < -0.3 is 0 Å². The summed E-state index contributed by atoms with van der Waals surface area (Å²) in [6.07, 6.45) is 7.23. The molecule has 0 bridgehead atoms.